The Morgan fingerprint density at radius 1 is 0.585 bits per heavy atom. The molecular weight excluding hydrogens is 508 g/mol. The number of hydrogen-bond donors (Lipinski definition) is 0. The average molecular weight is 547 g/mol. The van der Waals surface area contributed by atoms with Crippen LogP contribution in [0, 0.1) is 39.5 Å². The zero-order valence-corrected chi connectivity index (χ0v) is 24.5. The van der Waals surface area contributed by atoms with E-state index in [-0.39, 0.29) is 0 Å². The third kappa shape index (κ3) is 4.27. The number of hydrogen-bond acceptors (Lipinski definition) is 4. The molecule has 0 radical (unpaired) electrons. The topological polar surface area (TPSA) is 36.9 Å². The van der Waals surface area contributed by atoms with Crippen LogP contribution in [-0.2, 0) is 14.9 Å². The molecule has 4 nitrogen and oxygen atoms in total. The Hall–Kier alpha value is -3.60. The van der Waals surface area contributed by atoms with Crippen LogP contribution in [0.3, 0.4) is 0 Å². The van der Waals surface area contributed by atoms with E-state index >= 15 is 0 Å². The lowest BCUT2D eigenvalue weighted by molar-refractivity contribution is -0.0510. The first-order valence-electron chi connectivity index (χ1n) is 14.8. The second kappa shape index (κ2) is 10.3. The number of aryl methyl sites for hydroxylation is 4. The van der Waals surface area contributed by atoms with Crippen molar-refractivity contribution in [2.75, 3.05) is 39.6 Å². The maximum absolute atomic E-state index is 6.38. The van der Waals surface area contributed by atoms with Gasteiger partial charge in [0, 0.05) is 11.8 Å². The summed E-state index contributed by atoms with van der Waals surface area (Å²) in [5.41, 5.74) is 12.0. The average Bonchev–Trinajstić information content (AvgIpc) is 3.21. The minimum atomic E-state index is -0.459. The lowest BCUT2D eigenvalue weighted by Gasteiger charge is -2.36. The lowest BCUT2D eigenvalue weighted by Crippen LogP contribution is -2.33. The molecule has 0 bridgehead atoms. The van der Waals surface area contributed by atoms with E-state index in [2.05, 4.69) is 100 Å². The van der Waals surface area contributed by atoms with Gasteiger partial charge in [-0.1, -0.05) is 72.8 Å². The Balaban J connectivity index is 1.41. The number of fused-ring (bicyclic) bond motifs is 3. The van der Waals surface area contributed by atoms with Gasteiger partial charge in [0.15, 0.2) is 0 Å². The predicted octanol–water partition coefficient (Wildman–Crippen LogP) is 7.33. The predicted molar refractivity (Wildman–Crippen MR) is 162 cm³/mol. The molecule has 7 rings (SSSR count). The van der Waals surface area contributed by atoms with Crippen LogP contribution in [0.25, 0.3) is 11.1 Å². The molecule has 4 aromatic carbocycles. The van der Waals surface area contributed by atoms with Crippen LogP contribution in [0.5, 0.6) is 11.5 Å². The maximum atomic E-state index is 6.38. The van der Waals surface area contributed by atoms with E-state index in [0.717, 1.165) is 60.2 Å². The fourth-order valence-corrected chi connectivity index (χ4v) is 6.98. The summed E-state index contributed by atoms with van der Waals surface area (Å²) < 4.78 is 23.5. The van der Waals surface area contributed by atoms with Gasteiger partial charge in [0.25, 0.3) is 0 Å². The zero-order valence-electron chi connectivity index (χ0n) is 24.5. The Labute approximate surface area is 243 Å². The largest absolute Gasteiger partial charge is 0.493 e. The summed E-state index contributed by atoms with van der Waals surface area (Å²) >= 11 is 0. The summed E-state index contributed by atoms with van der Waals surface area (Å²) in [5.74, 6) is 2.95. The molecule has 1 aliphatic carbocycles. The van der Waals surface area contributed by atoms with Gasteiger partial charge in [-0.3, -0.25) is 0 Å². The zero-order chi connectivity index (χ0) is 28.1. The van der Waals surface area contributed by atoms with Crippen molar-refractivity contribution in [2.45, 2.75) is 33.1 Å². The van der Waals surface area contributed by atoms with E-state index < -0.39 is 5.41 Å². The van der Waals surface area contributed by atoms with Crippen LogP contribution in [-0.4, -0.2) is 39.6 Å². The molecule has 2 aliphatic heterocycles. The van der Waals surface area contributed by atoms with Gasteiger partial charge in [0.2, 0.25) is 0 Å². The van der Waals surface area contributed by atoms with Crippen molar-refractivity contribution in [1.29, 1.82) is 0 Å². The van der Waals surface area contributed by atoms with Gasteiger partial charge in [-0.15, -0.1) is 0 Å². The highest BCUT2D eigenvalue weighted by Crippen LogP contribution is 2.57. The normalized spacial score (nSPS) is 17.4. The highest BCUT2D eigenvalue weighted by atomic mass is 16.5. The molecule has 0 saturated carbocycles. The van der Waals surface area contributed by atoms with Crippen molar-refractivity contribution >= 4 is 0 Å². The van der Waals surface area contributed by atoms with Gasteiger partial charge in [0.1, 0.15) is 11.5 Å². The second-order valence-corrected chi connectivity index (χ2v) is 12.1. The van der Waals surface area contributed by atoms with E-state index in [9.17, 15) is 0 Å². The van der Waals surface area contributed by atoms with Gasteiger partial charge in [0.05, 0.1) is 45.1 Å². The maximum Gasteiger partial charge on any atom is 0.125 e. The Kier molecular flexibility index (Phi) is 6.64. The molecule has 0 amide bonds. The smallest absolute Gasteiger partial charge is 0.125 e. The van der Waals surface area contributed by atoms with E-state index in [1.165, 1.54) is 33.4 Å². The third-order valence-corrected chi connectivity index (χ3v) is 9.08. The summed E-state index contributed by atoms with van der Waals surface area (Å²) in [4.78, 5) is 0. The number of ether oxygens (including phenoxy) is 4. The van der Waals surface area contributed by atoms with Crippen molar-refractivity contribution in [3.8, 4) is 22.6 Å². The fraction of sp³-hybridized carbons (Fsp3) is 0.351. The van der Waals surface area contributed by atoms with Gasteiger partial charge in [-0.05, 0) is 83.3 Å². The van der Waals surface area contributed by atoms with Crippen molar-refractivity contribution in [3.63, 3.8) is 0 Å². The van der Waals surface area contributed by atoms with Crippen molar-refractivity contribution in [1.82, 2.24) is 0 Å². The lowest BCUT2D eigenvalue weighted by atomic mass is 9.66. The molecule has 210 valence electrons. The van der Waals surface area contributed by atoms with E-state index in [1.807, 2.05) is 0 Å². The van der Waals surface area contributed by atoms with Crippen molar-refractivity contribution in [2.24, 2.45) is 11.8 Å². The van der Waals surface area contributed by atoms with Crippen LogP contribution >= 0.6 is 0 Å². The van der Waals surface area contributed by atoms with E-state index in [0.29, 0.717) is 25.0 Å². The summed E-state index contributed by atoms with van der Waals surface area (Å²) in [7, 11) is 0. The summed E-state index contributed by atoms with van der Waals surface area (Å²) in [6.07, 6.45) is 0. The van der Waals surface area contributed by atoms with Crippen LogP contribution < -0.4 is 9.47 Å². The highest BCUT2D eigenvalue weighted by Gasteiger charge is 2.46. The molecule has 3 aliphatic rings. The van der Waals surface area contributed by atoms with Crippen LogP contribution in [0.15, 0.2) is 72.8 Å². The molecular formula is C37H38O4. The summed E-state index contributed by atoms with van der Waals surface area (Å²) in [5, 5.41) is 0. The molecule has 4 aromatic rings. The van der Waals surface area contributed by atoms with Crippen LogP contribution in [0.4, 0.5) is 0 Å². The minimum Gasteiger partial charge on any atom is -0.493 e. The molecule has 0 N–H and O–H groups in total. The molecule has 41 heavy (non-hydrogen) atoms. The quantitative estimate of drug-likeness (QED) is 0.204. The fourth-order valence-electron chi connectivity index (χ4n) is 6.98. The first-order chi connectivity index (χ1) is 20.0. The SMILES string of the molecule is Cc1cc(C2(c3cc(C)c(OCC4COC4)c(C)c3)c3ccccc3-c3ccccc32)cc(C)c1OCC1COC1. The standard InChI is InChI=1S/C37H38O4/c1-23-13-29(14-24(2)35(23)40-21-27-17-38-18-27)37(33-11-7-5-9-31(33)32-10-6-8-12-34(32)37)30-15-25(3)36(26(4)16-30)41-22-28-19-39-20-28/h5-16,27-28H,17-22H2,1-4H3. The molecule has 0 spiro atoms. The van der Waals surface area contributed by atoms with Gasteiger partial charge in [-0.25, -0.2) is 0 Å². The van der Waals surface area contributed by atoms with Gasteiger partial charge < -0.3 is 18.9 Å². The third-order valence-electron chi connectivity index (χ3n) is 9.08. The number of rotatable bonds is 8. The molecule has 2 fully saturated rings. The molecule has 2 heterocycles. The summed E-state index contributed by atoms with van der Waals surface area (Å²) in [6.45, 7) is 13.3. The molecule has 0 unspecified atom stereocenters. The Morgan fingerprint density at radius 3 is 1.29 bits per heavy atom. The first kappa shape index (κ1) is 26.3. The van der Waals surface area contributed by atoms with E-state index in [1.54, 1.807) is 0 Å². The molecule has 4 heteroatoms. The Bertz CT molecular complexity index is 1440. The molecule has 2 saturated heterocycles. The monoisotopic (exact) mass is 546 g/mol. The number of benzene rings is 4. The molecule has 0 aromatic heterocycles. The summed E-state index contributed by atoms with van der Waals surface area (Å²) in [6, 6.07) is 27.2. The first-order valence-corrected chi connectivity index (χ1v) is 14.8. The minimum absolute atomic E-state index is 0.459. The highest BCUT2D eigenvalue weighted by molar-refractivity contribution is 5.86. The van der Waals surface area contributed by atoms with Crippen molar-refractivity contribution < 1.29 is 18.9 Å². The molecule has 0 atom stereocenters. The van der Waals surface area contributed by atoms with Gasteiger partial charge >= 0.3 is 0 Å². The van der Waals surface area contributed by atoms with Gasteiger partial charge in [-0.2, -0.15) is 0 Å². The van der Waals surface area contributed by atoms with Crippen LogP contribution in [0.1, 0.15) is 44.5 Å². The second-order valence-electron chi connectivity index (χ2n) is 12.1. The Morgan fingerprint density at radius 2 is 0.951 bits per heavy atom. The van der Waals surface area contributed by atoms with Crippen LogP contribution in [0.2, 0.25) is 0 Å². The van der Waals surface area contributed by atoms with E-state index in [4.69, 9.17) is 18.9 Å². The van der Waals surface area contributed by atoms with Crippen molar-refractivity contribution in [3.05, 3.63) is 117 Å².